The Morgan fingerprint density at radius 1 is 1.33 bits per heavy atom. The second kappa shape index (κ2) is 5.89. The first-order valence-corrected chi connectivity index (χ1v) is 6.66. The molecule has 0 amide bonds. The molecule has 0 saturated heterocycles. The highest BCUT2D eigenvalue weighted by Gasteiger charge is 2.30. The summed E-state index contributed by atoms with van der Waals surface area (Å²) >= 11 is 0. The summed E-state index contributed by atoms with van der Waals surface area (Å²) in [6.07, 6.45) is 4.30. The first-order valence-electron chi connectivity index (χ1n) is 6.66. The second-order valence-corrected chi connectivity index (χ2v) is 4.94. The highest BCUT2D eigenvalue weighted by molar-refractivity contribution is 5.67. The highest BCUT2D eigenvalue weighted by Crippen LogP contribution is 2.32. The van der Waals surface area contributed by atoms with Crippen molar-refractivity contribution in [2.75, 3.05) is 0 Å². The van der Waals surface area contributed by atoms with Crippen molar-refractivity contribution in [1.82, 2.24) is 0 Å². The summed E-state index contributed by atoms with van der Waals surface area (Å²) in [5.41, 5.74) is 1.29. The molecular formula is C15H20O3. The average Bonchev–Trinajstić information content (AvgIpc) is 2.77. The lowest BCUT2D eigenvalue weighted by Crippen LogP contribution is -2.23. The Balaban J connectivity index is 1.96. The van der Waals surface area contributed by atoms with Crippen molar-refractivity contribution in [3.05, 3.63) is 29.8 Å². The van der Waals surface area contributed by atoms with Gasteiger partial charge in [-0.2, -0.15) is 0 Å². The molecule has 0 heterocycles. The molecule has 0 bridgehead atoms. The molecule has 2 rings (SSSR count). The number of benzene rings is 1. The van der Waals surface area contributed by atoms with Gasteiger partial charge in [-0.3, -0.25) is 4.79 Å². The van der Waals surface area contributed by atoms with Gasteiger partial charge in [0, 0.05) is 5.92 Å². The summed E-state index contributed by atoms with van der Waals surface area (Å²) in [7, 11) is 0. The number of carboxylic acids is 1. The number of ether oxygens (including phenoxy) is 1. The predicted molar refractivity (Wildman–Crippen MR) is 69.8 cm³/mol. The molecule has 0 radical (unpaired) electrons. The molecule has 1 saturated carbocycles. The summed E-state index contributed by atoms with van der Waals surface area (Å²) in [4.78, 5) is 10.8. The van der Waals surface area contributed by atoms with Crippen LogP contribution in [0.2, 0.25) is 0 Å². The van der Waals surface area contributed by atoms with E-state index in [1.165, 1.54) is 5.56 Å². The molecule has 0 spiro atoms. The van der Waals surface area contributed by atoms with Crippen LogP contribution in [0.15, 0.2) is 24.3 Å². The van der Waals surface area contributed by atoms with Crippen LogP contribution in [-0.2, 0) is 11.2 Å². The molecule has 1 aromatic carbocycles. The minimum Gasteiger partial charge on any atom is -0.490 e. The van der Waals surface area contributed by atoms with E-state index in [2.05, 4.69) is 19.1 Å². The molecule has 3 heteroatoms. The van der Waals surface area contributed by atoms with Crippen LogP contribution in [0.1, 0.15) is 38.2 Å². The molecule has 0 aliphatic heterocycles. The first-order chi connectivity index (χ1) is 8.69. The van der Waals surface area contributed by atoms with E-state index in [4.69, 9.17) is 9.84 Å². The Morgan fingerprint density at radius 3 is 2.67 bits per heavy atom. The lowest BCUT2D eigenvalue weighted by molar-refractivity contribution is -0.138. The fourth-order valence-electron chi connectivity index (χ4n) is 2.59. The largest absolute Gasteiger partial charge is 0.490 e. The van der Waals surface area contributed by atoms with Crippen LogP contribution in [0.25, 0.3) is 0 Å². The Labute approximate surface area is 108 Å². The third kappa shape index (κ3) is 3.25. The molecule has 3 nitrogen and oxygen atoms in total. The van der Waals surface area contributed by atoms with E-state index in [1.807, 2.05) is 12.1 Å². The van der Waals surface area contributed by atoms with Gasteiger partial charge in [-0.05, 0) is 43.4 Å². The number of aliphatic carboxylic acids is 1. The zero-order chi connectivity index (χ0) is 13.0. The minimum absolute atomic E-state index is 0.0635. The third-order valence-corrected chi connectivity index (χ3v) is 3.65. The summed E-state index contributed by atoms with van der Waals surface area (Å²) in [6, 6.07) is 8.09. The Bertz CT molecular complexity index is 397. The molecule has 2 unspecified atom stereocenters. The predicted octanol–water partition coefficient (Wildman–Crippen LogP) is 3.27. The van der Waals surface area contributed by atoms with Gasteiger partial charge in [0.05, 0.1) is 6.42 Å². The van der Waals surface area contributed by atoms with Crippen LogP contribution >= 0.6 is 0 Å². The van der Waals surface area contributed by atoms with E-state index < -0.39 is 5.97 Å². The van der Waals surface area contributed by atoms with Gasteiger partial charge >= 0.3 is 5.97 Å². The number of carboxylic acid groups (broad SMARTS) is 1. The molecular weight excluding hydrogens is 228 g/mol. The Morgan fingerprint density at radius 2 is 2.06 bits per heavy atom. The van der Waals surface area contributed by atoms with Crippen molar-refractivity contribution >= 4 is 5.97 Å². The van der Waals surface area contributed by atoms with Gasteiger partial charge in [-0.25, -0.2) is 0 Å². The quantitative estimate of drug-likeness (QED) is 0.869. The van der Waals surface area contributed by atoms with E-state index in [9.17, 15) is 4.79 Å². The zero-order valence-corrected chi connectivity index (χ0v) is 10.8. The van der Waals surface area contributed by atoms with Crippen molar-refractivity contribution in [2.45, 2.75) is 45.1 Å². The molecule has 0 aromatic heterocycles. The topological polar surface area (TPSA) is 46.5 Å². The molecule has 98 valence electrons. The van der Waals surface area contributed by atoms with E-state index in [0.29, 0.717) is 0 Å². The normalized spacial score (nSPS) is 22.9. The summed E-state index contributed by atoms with van der Waals surface area (Å²) in [5, 5.41) is 8.87. The van der Waals surface area contributed by atoms with Crippen molar-refractivity contribution in [1.29, 1.82) is 0 Å². The van der Waals surface area contributed by atoms with Crippen LogP contribution in [0.4, 0.5) is 0 Å². The van der Waals surface area contributed by atoms with Gasteiger partial charge in [-0.1, -0.05) is 19.1 Å². The molecule has 2 atom stereocenters. The van der Waals surface area contributed by atoms with Crippen LogP contribution in [0.3, 0.4) is 0 Å². The SMILES string of the molecule is CCc1ccc(OC2CCCC2CC(=O)O)cc1. The maximum Gasteiger partial charge on any atom is 0.303 e. The smallest absolute Gasteiger partial charge is 0.303 e. The maximum absolute atomic E-state index is 10.8. The Hall–Kier alpha value is -1.51. The molecule has 1 aromatic rings. The number of carbonyl (C=O) groups is 1. The lowest BCUT2D eigenvalue weighted by atomic mass is 10.0. The van der Waals surface area contributed by atoms with Gasteiger partial charge in [-0.15, -0.1) is 0 Å². The van der Waals surface area contributed by atoms with E-state index in [1.54, 1.807) is 0 Å². The standard InChI is InChI=1S/C15H20O3/c1-2-11-6-8-13(9-7-11)18-14-5-3-4-12(14)10-15(16)17/h6-9,12,14H,2-5,10H2,1H3,(H,16,17). The number of aryl methyl sites for hydroxylation is 1. The minimum atomic E-state index is -0.725. The summed E-state index contributed by atoms with van der Waals surface area (Å²) in [6.45, 7) is 2.12. The zero-order valence-electron chi connectivity index (χ0n) is 10.8. The van der Waals surface area contributed by atoms with Gasteiger partial charge in [0.25, 0.3) is 0 Å². The van der Waals surface area contributed by atoms with Crippen molar-refractivity contribution < 1.29 is 14.6 Å². The molecule has 1 fully saturated rings. The van der Waals surface area contributed by atoms with Crippen molar-refractivity contribution in [3.8, 4) is 5.75 Å². The van der Waals surface area contributed by atoms with Gasteiger partial charge in [0.2, 0.25) is 0 Å². The summed E-state index contributed by atoms with van der Waals surface area (Å²) < 4.78 is 5.92. The molecule has 1 aliphatic rings. The monoisotopic (exact) mass is 248 g/mol. The van der Waals surface area contributed by atoms with Crippen molar-refractivity contribution in [2.24, 2.45) is 5.92 Å². The fourth-order valence-corrected chi connectivity index (χ4v) is 2.59. The van der Waals surface area contributed by atoms with E-state index >= 15 is 0 Å². The maximum atomic E-state index is 10.8. The second-order valence-electron chi connectivity index (χ2n) is 4.94. The fraction of sp³-hybridized carbons (Fsp3) is 0.533. The number of hydrogen-bond donors (Lipinski definition) is 1. The number of hydrogen-bond acceptors (Lipinski definition) is 2. The van der Waals surface area contributed by atoms with Crippen LogP contribution in [0, 0.1) is 5.92 Å². The van der Waals surface area contributed by atoms with Crippen LogP contribution in [0.5, 0.6) is 5.75 Å². The summed E-state index contributed by atoms with van der Waals surface area (Å²) in [5.74, 6) is 0.291. The van der Waals surface area contributed by atoms with Gasteiger partial charge in [0.15, 0.2) is 0 Å². The van der Waals surface area contributed by atoms with E-state index in [-0.39, 0.29) is 18.4 Å². The highest BCUT2D eigenvalue weighted by atomic mass is 16.5. The third-order valence-electron chi connectivity index (χ3n) is 3.65. The van der Waals surface area contributed by atoms with E-state index in [0.717, 1.165) is 31.4 Å². The number of rotatable bonds is 5. The Kier molecular flexibility index (Phi) is 4.24. The van der Waals surface area contributed by atoms with Gasteiger partial charge < -0.3 is 9.84 Å². The average molecular weight is 248 g/mol. The first kappa shape index (κ1) is 12.9. The molecule has 1 N–H and O–H groups in total. The van der Waals surface area contributed by atoms with Gasteiger partial charge in [0.1, 0.15) is 11.9 Å². The lowest BCUT2D eigenvalue weighted by Gasteiger charge is -2.20. The van der Waals surface area contributed by atoms with Crippen molar-refractivity contribution in [3.63, 3.8) is 0 Å². The molecule has 1 aliphatic carbocycles. The van der Waals surface area contributed by atoms with Crippen LogP contribution < -0.4 is 4.74 Å². The molecule has 18 heavy (non-hydrogen) atoms. The van der Waals surface area contributed by atoms with Crippen LogP contribution in [-0.4, -0.2) is 17.2 Å².